The highest BCUT2D eigenvalue weighted by Crippen LogP contribution is 2.17. The molecule has 0 aromatic heterocycles. The van der Waals surface area contributed by atoms with Gasteiger partial charge in [0.25, 0.3) is 0 Å². The monoisotopic (exact) mass is 1100 g/mol. The molecule has 0 aliphatic rings. The van der Waals surface area contributed by atoms with Crippen molar-refractivity contribution in [3.8, 4) is 0 Å². The van der Waals surface area contributed by atoms with E-state index in [0.717, 1.165) is 103 Å². The van der Waals surface area contributed by atoms with Gasteiger partial charge in [-0.3, -0.25) is 14.4 Å². The third-order valence-corrected chi connectivity index (χ3v) is 14.6. The topological polar surface area (TPSA) is 78.9 Å². The van der Waals surface area contributed by atoms with Crippen molar-refractivity contribution in [2.45, 2.75) is 335 Å². The van der Waals surface area contributed by atoms with Crippen LogP contribution in [0.5, 0.6) is 0 Å². The molecule has 1 atom stereocenters. The highest BCUT2D eigenvalue weighted by molar-refractivity contribution is 5.71. The fourth-order valence-corrected chi connectivity index (χ4v) is 9.54. The first kappa shape index (κ1) is 75.3. The van der Waals surface area contributed by atoms with Crippen molar-refractivity contribution >= 4 is 17.9 Å². The lowest BCUT2D eigenvalue weighted by Gasteiger charge is -2.18. The normalized spacial score (nSPS) is 12.7. The lowest BCUT2D eigenvalue weighted by atomic mass is 10.0. The number of hydrogen-bond donors (Lipinski definition) is 0. The molecule has 0 radical (unpaired) electrons. The summed E-state index contributed by atoms with van der Waals surface area (Å²) >= 11 is 0. The van der Waals surface area contributed by atoms with Gasteiger partial charge >= 0.3 is 17.9 Å². The first-order valence-electron chi connectivity index (χ1n) is 33.7. The second kappa shape index (κ2) is 66.8. The number of carbonyl (C=O) groups excluding carboxylic acids is 3. The molecular formula is C73H126O6. The van der Waals surface area contributed by atoms with Crippen LogP contribution in [0.25, 0.3) is 0 Å². The van der Waals surface area contributed by atoms with Gasteiger partial charge in [-0.15, -0.1) is 0 Å². The number of unbranched alkanes of at least 4 members (excludes halogenated alkanes) is 34. The molecule has 1 unspecified atom stereocenters. The first-order valence-corrected chi connectivity index (χ1v) is 33.7. The molecule has 0 saturated carbocycles. The average molecular weight is 1100 g/mol. The lowest BCUT2D eigenvalue weighted by Crippen LogP contribution is -2.30. The third-order valence-electron chi connectivity index (χ3n) is 14.6. The van der Waals surface area contributed by atoms with Crippen molar-refractivity contribution in [3.63, 3.8) is 0 Å². The van der Waals surface area contributed by atoms with Gasteiger partial charge in [-0.1, -0.05) is 304 Å². The Morgan fingerprint density at radius 2 is 0.494 bits per heavy atom. The Morgan fingerprint density at radius 1 is 0.266 bits per heavy atom. The Morgan fingerprint density at radius 3 is 0.785 bits per heavy atom. The summed E-state index contributed by atoms with van der Waals surface area (Å²) in [5.41, 5.74) is 0. The molecule has 0 saturated heterocycles. The summed E-state index contributed by atoms with van der Waals surface area (Å²) < 4.78 is 16.9. The summed E-state index contributed by atoms with van der Waals surface area (Å²) in [6.45, 7) is 6.53. The maximum Gasteiger partial charge on any atom is 0.306 e. The minimum Gasteiger partial charge on any atom is -0.462 e. The number of rotatable bonds is 61. The maximum absolute atomic E-state index is 12.9. The third kappa shape index (κ3) is 65.0. The van der Waals surface area contributed by atoms with Crippen LogP contribution in [0.2, 0.25) is 0 Å². The van der Waals surface area contributed by atoms with Gasteiger partial charge in [0.1, 0.15) is 13.2 Å². The number of esters is 3. The van der Waals surface area contributed by atoms with E-state index < -0.39 is 6.10 Å². The van der Waals surface area contributed by atoms with Crippen molar-refractivity contribution < 1.29 is 28.6 Å². The molecule has 454 valence electrons. The van der Waals surface area contributed by atoms with E-state index in [1.54, 1.807) is 0 Å². The van der Waals surface area contributed by atoms with Gasteiger partial charge in [-0.2, -0.15) is 0 Å². The van der Waals surface area contributed by atoms with Crippen LogP contribution in [0, 0.1) is 0 Å². The van der Waals surface area contributed by atoms with Crippen molar-refractivity contribution in [1.82, 2.24) is 0 Å². The Kier molecular flexibility index (Phi) is 63.7. The maximum atomic E-state index is 12.9. The Bertz CT molecular complexity index is 1540. The number of hydrogen-bond acceptors (Lipinski definition) is 6. The van der Waals surface area contributed by atoms with Crippen molar-refractivity contribution in [2.75, 3.05) is 13.2 Å². The molecule has 0 fully saturated rings. The van der Waals surface area contributed by atoms with Crippen LogP contribution in [-0.4, -0.2) is 37.2 Å². The number of carbonyl (C=O) groups is 3. The van der Waals surface area contributed by atoms with Crippen LogP contribution < -0.4 is 0 Å². The molecule has 0 N–H and O–H groups in total. The van der Waals surface area contributed by atoms with Crippen LogP contribution in [0.1, 0.15) is 329 Å². The van der Waals surface area contributed by atoms with Crippen LogP contribution in [0.3, 0.4) is 0 Å². The quantitative estimate of drug-likeness (QED) is 0.0261. The smallest absolute Gasteiger partial charge is 0.306 e. The molecule has 0 heterocycles. The van der Waals surface area contributed by atoms with Gasteiger partial charge < -0.3 is 14.2 Å². The summed E-state index contributed by atoms with van der Waals surface area (Å²) in [6, 6.07) is 0. The Balaban J connectivity index is 4.15. The molecule has 0 aromatic rings. The standard InChI is InChI=1S/C73H126O6/c1-4-7-10-13-16-19-21-23-25-27-29-30-31-32-33-34-35-36-37-38-39-40-41-42-44-45-47-49-51-54-57-60-63-66-72(75)78-69-70(68-77-71(74)65-62-59-56-53-18-15-12-9-6-3)79-73(76)67-64-61-58-55-52-50-48-46-43-28-26-24-22-20-17-14-11-8-5-2/h7,10,16,19,23-26,29-30,32-33,35-36,38-39,70H,4-6,8-9,11-15,17-18,20-22,27-28,31,34,37,40-69H2,1-3H3/b10-7-,19-16-,25-23-,26-24-,30-29-,33-32-,36-35-,39-38-. The molecule has 0 spiro atoms. The summed E-state index contributed by atoms with van der Waals surface area (Å²) in [4.78, 5) is 38.2. The van der Waals surface area contributed by atoms with Crippen molar-refractivity contribution in [3.05, 3.63) is 97.2 Å². The second-order valence-corrected chi connectivity index (χ2v) is 22.4. The van der Waals surface area contributed by atoms with E-state index in [9.17, 15) is 14.4 Å². The molecule has 6 heteroatoms. The predicted octanol–water partition coefficient (Wildman–Crippen LogP) is 23.2. The van der Waals surface area contributed by atoms with Crippen LogP contribution in [-0.2, 0) is 28.6 Å². The molecule has 6 nitrogen and oxygen atoms in total. The first-order chi connectivity index (χ1) is 39.0. The zero-order valence-electron chi connectivity index (χ0n) is 52.1. The zero-order chi connectivity index (χ0) is 57.1. The SMILES string of the molecule is CC/C=C\C/C=C\C/C=C\C/C=C\C/C=C\C/C=C\C/C=C\CCCCCCCCCCCCCC(=O)OCC(COC(=O)CCCCCCCCCCC)OC(=O)CCCCCCCCCCC/C=C\CCCCCCCC. The largest absolute Gasteiger partial charge is 0.462 e. The molecule has 0 rings (SSSR count). The lowest BCUT2D eigenvalue weighted by molar-refractivity contribution is -0.167. The van der Waals surface area contributed by atoms with Gasteiger partial charge in [0, 0.05) is 19.3 Å². The highest BCUT2D eigenvalue weighted by Gasteiger charge is 2.19. The molecule has 79 heavy (non-hydrogen) atoms. The second-order valence-electron chi connectivity index (χ2n) is 22.4. The van der Waals surface area contributed by atoms with E-state index in [-0.39, 0.29) is 31.1 Å². The van der Waals surface area contributed by atoms with Crippen molar-refractivity contribution in [1.29, 1.82) is 0 Å². The molecule has 0 amide bonds. The summed E-state index contributed by atoms with van der Waals surface area (Å²) in [5.74, 6) is -0.870. The van der Waals surface area contributed by atoms with E-state index in [0.29, 0.717) is 19.3 Å². The minimum atomic E-state index is -0.777. The molecule has 0 aliphatic carbocycles. The average Bonchev–Trinajstić information content (AvgIpc) is 3.45. The molecular weight excluding hydrogens is 973 g/mol. The van der Waals surface area contributed by atoms with E-state index >= 15 is 0 Å². The van der Waals surface area contributed by atoms with Crippen LogP contribution in [0.4, 0.5) is 0 Å². The minimum absolute atomic E-state index is 0.0750. The van der Waals surface area contributed by atoms with Crippen LogP contribution >= 0.6 is 0 Å². The number of allylic oxidation sites excluding steroid dienone is 16. The van der Waals surface area contributed by atoms with Gasteiger partial charge in [0.05, 0.1) is 0 Å². The molecule has 0 bridgehead atoms. The van der Waals surface area contributed by atoms with E-state index in [4.69, 9.17) is 14.2 Å². The van der Waals surface area contributed by atoms with Gasteiger partial charge in [0.2, 0.25) is 0 Å². The molecule has 0 aromatic carbocycles. The zero-order valence-corrected chi connectivity index (χ0v) is 52.1. The summed E-state index contributed by atoms with van der Waals surface area (Å²) in [7, 11) is 0. The Hall–Kier alpha value is -3.67. The number of ether oxygens (including phenoxy) is 3. The Labute approximate surface area is 489 Å². The van der Waals surface area contributed by atoms with E-state index in [2.05, 4.69) is 118 Å². The van der Waals surface area contributed by atoms with Gasteiger partial charge in [0.15, 0.2) is 6.10 Å². The van der Waals surface area contributed by atoms with Gasteiger partial charge in [-0.05, 0) is 103 Å². The van der Waals surface area contributed by atoms with E-state index in [1.165, 1.54) is 186 Å². The van der Waals surface area contributed by atoms with Crippen molar-refractivity contribution in [2.24, 2.45) is 0 Å². The predicted molar refractivity (Wildman–Crippen MR) is 344 cm³/mol. The van der Waals surface area contributed by atoms with Crippen LogP contribution in [0.15, 0.2) is 97.2 Å². The summed E-state index contributed by atoms with van der Waals surface area (Å²) in [5, 5.41) is 0. The van der Waals surface area contributed by atoms with Gasteiger partial charge in [-0.25, -0.2) is 0 Å². The van der Waals surface area contributed by atoms with E-state index in [1.807, 2.05) is 0 Å². The summed E-state index contributed by atoms with van der Waals surface area (Å²) in [6.07, 6.45) is 90.1. The fraction of sp³-hybridized carbons (Fsp3) is 0.740. The molecule has 0 aliphatic heterocycles. The highest BCUT2D eigenvalue weighted by atomic mass is 16.6. The fourth-order valence-electron chi connectivity index (χ4n) is 9.54.